The number of allylic oxidation sites excluding steroid dienone is 4. The number of hydrogen-bond acceptors (Lipinski definition) is 0. The predicted molar refractivity (Wildman–Crippen MR) is 56.4 cm³/mol. The van der Waals surface area contributed by atoms with Gasteiger partial charge in [0.05, 0.1) is 0 Å². The van der Waals surface area contributed by atoms with Crippen molar-refractivity contribution in [2.75, 3.05) is 0 Å². The van der Waals surface area contributed by atoms with Gasteiger partial charge in [-0.25, -0.2) is 0 Å². The Bertz CT molecular complexity index is 143. The fourth-order valence-electron chi connectivity index (χ4n) is 0.591. The summed E-state index contributed by atoms with van der Waals surface area (Å²) in [4.78, 5) is 0. The van der Waals surface area contributed by atoms with E-state index in [9.17, 15) is 0 Å². The quantitative estimate of drug-likeness (QED) is 0.523. The van der Waals surface area contributed by atoms with Crippen molar-refractivity contribution in [2.45, 2.75) is 33.6 Å². The highest BCUT2D eigenvalue weighted by Crippen LogP contribution is 2.12. The summed E-state index contributed by atoms with van der Waals surface area (Å²) in [5.41, 5.74) is 1.45. The van der Waals surface area contributed by atoms with Gasteiger partial charge in [0.1, 0.15) is 0 Å². The molecule has 0 N–H and O–H groups in total. The molecule has 0 spiro atoms. The first kappa shape index (κ1) is 10.2. The molecule has 0 bridgehead atoms. The van der Waals surface area contributed by atoms with Gasteiger partial charge in [0.2, 0.25) is 0 Å². The first-order chi connectivity index (χ1) is 4.70. The van der Waals surface area contributed by atoms with Crippen LogP contribution in [0.25, 0.3) is 0 Å². The van der Waals surface area contributed by atoms with Crippen LogP contribution in [0.15, 0.2) is 21.3 Å². The van der Waals surface area contributed by atoms with Crippen molar-refractivity contribution in [2.24, 2.45) is 0 Å². The lowest BCUT2D eigenvalue weighted by Crippen LogP contribution is -1.71. The van der Waals surface area contributed by atoms with Gasteiger partial charge in [-0.05, 0) is 42.4 Å². The zero-order valence-corrected chi connectivity index (χ0v) is 9.10. The third-order valence-electron chi connectivity index (χ3n) is 1.34. The van der Waals surface area contributed by atoms with Gasteiger partial charge >= 0.3 is 0 Å². The summed E-state index contributed by atoms with van der Waals surface area (Å²) in [6.07, 6.45) is 6.76. The minimum absolute atomic E-state index is 1.13. The maximum atomic E-state index is 2.36. The van der Waals surface area contributed by atoms with Crippen LogP contribution in [-0.4, -0.2) is 0 Å². The molecule has 0 aromatic heterocycles. The minimum Gasteiger partial charge on any atom is -0.0726 e. The molecule has 0 aliphatic rings. The molecular formula is C9H15I. The Morgan fingerprint density at radius 2 is 2.00 bits per heavy atom. The molecule has 0 atom stereocenters. The van der Waals surface area contributed by atoms with Crippen molar-refractivity contribution in [1.82, 2.24) is 0 Å². The molecule has 0 amide bonds. The van der Waals surface area contributed by atoms with E-state index in [4.69, 9.17) is 0 Å². The molecule has 0 saturated heterocycles. The van der Waals surface area contributed by atoms with Crippen molar-refractivity contribution in [3.05, 3.63) is 21.3 Å². The maximum absolute atomic E-state index is 2.36. The van der Waals surface area contributed by atoms with E-state index in [2.05, 4.69) is 55.5 Å². The van der Waals surface area contributed by atoms with Gasteiger partial charge in [0.25, 0.3) is 0 Å². The zero-order chi connectivity index (χ0) is 7.98. The Balaban J connectivity index is 3.98. The van der Waals surface area contributed by atoms with E-state index in [1.807, 2.05) is 0 Å². The molecule has 0 aromatic carbocycles. The molecule has 1 heteroatoms. The smallest absolute Gasteiger partial charge is 0.00893 e. The third kappa shape index (κ3) is 5.03. The maximum Gasteiger partial charge on any atom is 0.00893 e. The lowest BCUT2D eigenvalue weighted by molar-refractivity contribution is 1.10. The summed E-state index contributed by atoms with van der Waals surface area (Å²) in [5.74, 6) is 0. The molecule has 0 heterocycles. The lowest BCUT2D eigenvalue weighted by Gasteiger charge is -1.93. The van der Waals surface area contributed by atoms with Crippen LogP contribution in [0.4, 0.5) is 0 Å². The fraction of sp³-hybridized carbons (Fsp3) is 0.556. The highest BCUT2D eigenvalue weighted by molar-refractivity contribution is 14.1. The summed E-state index contributed by atoms with van der Waals surface area (Å²) in [6, 6.07) is 0. The van der Waals surface area contributed by atoms with E-state index < -0.39 is 0 Å². The standard InChI is InChI=1S/C9H15I/c1-4-6-9(10)7-8(3)5-2/h6-7H,4-5H2,1-3H3/b8-7-,9-6+. The Kier molecular flexibility index (Phi) is 6.08. The van der Waals surface area contributed by atoms with Crippen molar-refractivity contribution < 1.29 is 0 Å². The van der Waals surface area contributed by atoms with Crippen molar-refractivity contribution in [3.8, 4) is 0 Å². The Morgan fingerprint density at radius 3 is 2.40 bits per heavy atom. The van der Waals surface area contributed by atoms with E-state index in [1.165, 1.54) is 9.15 Å². The summed E-state index contributed by atoms with van der Waals surface area (Å²) in [7, 11) is 0. The van der Waals surface area contributed by atoms with Gasteiger partial charge in [0.15, 0.2) is 0 Å². The van der Waals surface area contributed by atoms with E-state index in [0.29, 0.717) is 0 Å². The van der Waals surface area contributed by atoms with Gasteiger partial charge < -0.3 is 0 Å². The molecule has 0 saturated carbocycles. The molecule has 0 unspecified atom stereocenters. The average molecular weight is 250 g/mol. The third-order valence-corrected chi connectivity index (χ3v) is 2.09. The molecule has 0 rings (SSSR count). The second kappa shape index (κ2) is 5.96. The van der Waals surface area contributed by atoms with Crippen LogP contribution in [0.1, 0.15) is 33.6 Å². The zero-order valence-electron chi connectivity index (χ0n) is 6.95. The molecule has 0 aliphatic carbocycles. The van der Waals surface area contributed by atoms with Gasteiger partial charge in [-0.2, -0.15) is 0 Å². The van der Waals surface area contributed by atoms with Crippen molar-refractivity contribution in [1.29, 1.82) is 0 Å². The van der Waals surface area contributed by atoms with Crippen LogP contribution in [0, 0.1) is 0 Å². The van der Waals surface area contributed by atoms with Gasteiger partial charge in [-0.15, -0.1) is 0 Å². The summed E-state index contributed by atoms with van der Waals surface area (Å²) in [6.45, 7) is 6.51. The Hall–Kier alpha value is 0.210. The second-order valence-corrected chi connectivity index (χ2v) is 3.59. The van der Waals surface area contributed by atoms with Crippen LogP contribution >= 0.6 is 22.6 Å². The van der Waals surface area contributed by atoms with Crippen molar-refractivity contribution in [3.63, 3.8) is 0 Å². The van der Waals surface area contributed by atoms with E-state index >= 15 is 0 Å². The topological polar surface area (TPSA) is 0 Å². The monoisotopic (exact) mass is 250 g/mol. The van der Waals surface area contributed by atoms with Crippen LogP contribution < -0.4 is 0 Å². The molecule has 0 aromatic rings. The molecule has 0 nitrogen and oxygen atoms in total. The number of halogens is 1. The Labute approximate surface area is 77.5 Å². The first-order valence-electron chi connectivity index (χ1n) is 3.73. The largest absolute Gasteiger partial charge is 0.0726 e. The minimum atomic E-state index is 1.13. The van der Waals surface area contributed by atoms with Crippen molar-refractivity contribution >= 4 is 22.6 Å². The van der Waals surface area contributed by atoms with E-state index in [0.717, 1.165) is 12.8 Å². The predicted octanol–water partition coefficient (Wildman–Crippen LogP) is 4.07. The van der Waals surface area contributed by atoms with Gasteiger partial charge in [-0.1, -0.05) is 31.6 Å². The van der Waals surface area contributed by atoms with E-state index in [1.54, 1.807) is 0 Å². The van der Waals surface area contributed by atoms with Crippen LogP contribution in [0.3, 0.4) is 0 Å². The second-order valence-electron chi connectivity index (χ2n) is 2.34. The molecule has 0 radical (unpaired) electrons. The van der Waals surface area contributed by atoms with Crippen LogP contribution in [0.5, 0.6) is 0 Å². The highest BCUT2D eigenvalue weighted by atomic mass is 127. The first-order valence-corrected chi connectivity index (χ1v) is 4.81. The molecule has 0 aliphatic heterocycles. The summed E-state index contributed by atoms with van der Waals surface area (Å²) in [5, 5.41) is 0. The summed E-state index contributed by atoms with van der Waals surface area (Å²) < 4.78 is 1.36. The van der Waals surface area contributed by atoms with Gasteiger partial charge in [0, 0.05) is 3.58 Å². The Morgan fingerprint density at radius 1 is 1.40 bits per heavy atom. The normalized spacial score (nSPS) is 14.0. The summed E-state index contributed by atoms with van der Waals surface area (Å²) >= 11 is 2.36. The van der Waals surface area contributed by atoms with Crippen LogP contribution in [0.2, 0.25) is 0 Å². The number of hydrogen-bond donors (Lipinski definition) is 0. The number of rotatable bonds is 3. The molecule has 0 fully saturated rings. The van der Waals surface area contributed by atoms with Crippen LogP contribution in [-0.2, 0) is 0 Å². The molecular weight excluding hydrogens is 235 g/mol. The average Bonchev–Trinajstić information content (AvgIpc) is 1.88. The fourth-order valence-corrected chi connectivity index (χ4v) is 1.56. The van der Waals surface area contributed by atoms with Gasteiger partial charge in [-0.3, -0.25) is 0 Å². The molecule has 58 valence electrons. The SMILES string of the molecule is CC/C=C(I)\C=C(\C)CC. The lowest BCUT2D eigenvalue weighted by atomic mass is 10.2. The molecule has 10 heavy (non-hydrogen) atoms. The highest BCUT2D eigenvalue weighted by Gasteiger charge is 1.85. The van der Waals surface area contributed by atoms with E-state index in [-0.39, 0.29) is 0 Å².